The van der Waals surface area contributed by atoms with Crippen molar-refractivity contribution < 1.29 is 27.6 Å². The number of carboxylic acids is 1. The summed E-state index contributed by atoms with van der Waals surface area (Å²) in [5, 5.41) is 15.2. The summed E-state index contributed by atoms with van der Waals surface area (Å²) in [5.74, 6) is -2.76. The molecule has 1 unspecified atom stereocenters. The van der Waals surface area contributed by atoms with Crippen LogP contribution in [-0.2, 0) is 22.7 Å². The number of piperidine rings is 1. The molecule has 1 spiro atoms. The maximum atomic E-state index is 12.6. The molecule has 3 heterocycles. The topological polar surface area (TPSA) is 102 Å². The largest absolute Gasteiger partial charge is 0.598 e. The third-order valence-electron chi connectivity index (χ3n) is 4.93. The average Bonchev–Trinajstić information content (AvgIpc) is 3.02. The van der Waals surface area contributed by atoms with Crippen molar-refractivity contribution in [3.05, 3.63) is 17.5 Å². The van der Waals surface area contributed by atoms with Gasteiger partial charge in [0.05, 0.1) is 11.4 Å². The van der Waals surface area contributed by atoms with Gasteiger partial charge in [-0.25, -0.2) is 4.79 Å². The maximum absolute atomic E-state index is 12.6. The van der Waals surface area contributed by atoms with Gasteiger partial charge in [0.1, 0.15) is 10.8 Å². The third kappa shape index (κ3) is 5.19. The zero-order valence-corrected chi connectivity index (χ0v) is 17.2. The molecule has 0 bridgehead atoms. The first-order valence-corrected chi connectivity index (χ1v) is 10.1. The van der Waals surface area contributed by atoms with Crippen molar-refractivity contribution >= 4 is 17.3 Å². The number of aliphatic carboxylic acids is 1. The second kappa shape index (κ2) is 8.21. The molecule has 1 aromatic rings. The van der Waals surface area contributed by atoms with E-state index in [1.807, 2.05) is 27.7 Å². The highest BCUT2D eigenvalue weighted by molar-refractivity contribution is 7.90. The highest BCUT2D eigenvalue weighted by Gasteiger charge is 2.50. The number of fused-ring (bicyclic) bond motifs is 1. The first-order chi connectivity index (χ1) is 12.8. The van der Waals surface area contributed by atoms with Crippen molar-refractivity contribution in [1.29, 1.82) is 0 Å². The Kier molecular flexibility index (Phi) is 6.74. The smallest absolute Gasteiger partial charge is 0.490 e. The fourth-order valence-corrected chi connectivity index (χ4v) is 4.41. The van der Waals surface area contributed by atoms with Gasteiger partial charge in [0.25, 0.3) is 0 Å². The SMILES string of the molecule is Cc1cc2n(n1)CC1(CCNCC1)[C@@H]2N[S+]([O-])C(C)(C)C.O=C(O)C(F)(F)F. The molecule has 1 saturated heterocycles. The van der Waals surface area contributed by atoms with Crippen molar-refractivity contribution in [1.82, 2.24) is 19.8 Å². The third-order valence-corrected chi connectivity index (χ3v) is 6.49. The summed E-state index contributed by atoms with van der Waals surface area (Å²) in [6.45, 7) is 11.1. The highest BCUT2D eigenvalue weighted by Crippen LogP contribution is 2.48. The van der Waals surface area contributed by atoms with E-state index in [1.165, 1.54) is 5.69 Å². The Hall–Kier alpha value is -1.30. The summed E-state index contributed by atoms with van der Waals surface area (Å²) in [6.07, 6.45) is -2.87. The number of hydrogen-bond acceptors (Lipinski definition) is 5. The normalized spacial score (nSPS) is 22.4. The Morgan fingerprint density at radius 1 is 1.39 bits per heavy atom. The summed E-state index contributed by atoms with van der Waals surface area (Å²) in [7, 11) is 0. The van der Waals surface area contributed by atoms with Crippen molar-refractivity contribution in [2.24, 2.45) is 5.41 Å². The van der Waals surface area contributed by atoms with E-state index in [2.05, 4.69) is 25.9 Å². The Morgan fingerprint density at radius 3 is 2.39 bits per heavy atom. The number of aromatic nitrogens is 2. The summed E-state index contributed by atoms with van der Waals surface area (Å²) >= 11 is -1.06. The first-order valence-electron chi connectivity index (χ1n) is 8.99. The molecule has 160 valence electrons. The van der Waals surface area contributed by atoms with Crippen LogP contribution in [0.1, 0.15) is 51.0 Å². The van der Waals surface area contributed by atoms with Crippen molar-refractivity contribution in [3.63, 3.8) is 0 Å². The van der Waals surface area contributed by atoms with Gasteiger partial charge in [-0.1, -0.05) is 0 Å². The van der Waals surface area contributed by atoms with Crippen LogP contribution in [0.3, 0.4) is 0 Å². The molecule has 0 saturated carbocycles. The van der Waals surface area contributed by atoms with Crippen LogP contribution in [-0.4, -0.2) is 49.4 Å². The van der Waals surface area contributed by atoms with Gasteiger partial charge in [-0.05, 0) is 59.7 Å². The van der Waals surface area contributed by atoms with E-state index in [0.717, 1.165) is 38.2 Å². The molecule has 1 aromatic heterocycles. The Morgan fingerprint density at radius 2 is 1.93 bits per heavy atom. The number of aryl methyl sites for hydroxylation is 1. The number of nitrogens with zero attached hydrogens (tertiary/aromatic N) is 2. The van der Waals surface area contributed by atoms with Crippen molar-refractivity contribution in [2.75, 3.05) is 13.1 Å². The van der Waals surface area contributed by atoms with Crippen LogP contribution in [0, 0.1) is 12.3 Å². The molecule has 1 fully saturated rings. The molecule has 7 nitrogen and oxygen atoms in total. The summed E-state index contributed by atoms with van der Waals surface area (Å²) in [5.41, 5.74) is 2.40. The quantitative estimate of drug-likeness (QED) is 0.630. The predicted molar refractivity (Wildman–Crippen MR) is 99.0 cm³/mol. The maximum Gasteiger partial charge on any atom is 0.490 e. The van der Waals surface area contributed by atoms with Gasteiger partial charge in [0.15, 0.2) is 0 Å². The number of carboxylic acid groups (broad SMARTS) is 1. The van der Waals surface area contributed by atoms with Crippen molar-refractivity contribution in [3.8, 4) is 0 Å². The van der Waals surface area contributed by atoms with Gasteiger partial charge in [-0.3, -0.25) is 4.68 Å². The number of alkyl halides is 3. The van der Waals surface area contributed by atoms with Gasteiger partial charge in [0.2, 0.25) is 0 Å². The van der Waals surface area contributed by atoms with Crippen LogP contribution >= 0.6 is 0 Å². The lowest BCUT2D eigenvalue weighted by Gasteiger charge is -2.39. The van der Waals surface area contributed by atoms with Crippen LogP contribution in [0.4, 0.5) is 13.2 Å². The molecule has 0 radical (unpaired) electrons. The zero-order valence-electron chi connectivity index (χ0n) is 16.4. The Bertz CT molecular complexity index is 697. The van der Waals surface area contributed by atoms with Gasteiger partial charge in [-0.2, -0.15) is 18.3 Å². The van der Waals surface area contributed by atoms with Crippen LogP contribution in [0.5, 0.6) is 0 Å². The monoisotopic (exact) mass is 424 g/mol. The van der Waals surface area contributed by atoms with E-state index in [9.17, 15) is 17.7 Å². The molecule has 2 aliphatic heterocycles. The molecular weight excluding hydrogens is 397 g/mol. The van der Waals surface area contributed by atoms with Crippen LogP contribution in [0.15, 0.2) is 6.07 Å². The lowest BCUT2D eigenvalue weighted by molar-refractivity contribution is -0.192. The zero-order chi connectivity index (χ0) is 21.3. The van der Waals surface area contributed by atoms with E-state index >= 15 is 0 Å². The number of carbonyl (C=O) groups is 1. The summed E-state index contributed by atoms with van der Waals surface area (Å²) < 4.78 is 49.7. The van der Waals surface area contributed by atoms with Gasteiger partial charge >= 0.3 is 12.1 Å². The minimum absolute atomic E-state index is 0.140. The van der Waals surface area contributed by atoms with Gasteiger partial charge in [0, 0.05) is 23.3 Å². The molecule has 2 aliphatic rings. The standard InChI is InChI=1S/C15H26N4OS.C2HF3O2/c1-11-9-12-13(18-21(20)14(2,3)4)15(10-19(12)17-11)5-7-16-8-6-15;3-2(4,5)1(6)7/h9,13,16,18H,5-8,10H2,1-4H3;(H,6,7)/t13-,21?;/m1./s1. The van der Waals surface area contributed by atoms with Gasteiger partial charge < -0.3 is 15.0 Å². The van der Waals surface area contributed by atoms with E-state index in [1.54, 1.807) is 0 Å². The van der Waals surface area contributed by atoms with E-state index in [0.29, 0.717) is 0 Å². The van der Waals surface area contributed by atoms with E-state index in [-0.39, 0.29) is 16.2 Å². The average molecular weight is 424 g/mol. The number of rotatable bonds is 2. The second-order valence-corrected chi connectivity index (χ2v) is 10.2. The molecular formula is C17H27F3N4O3S. The van der Waals surface area contributed by atoms with Crippen LogP contribution in [0.2, 0.25) is 0 Å². The molecule has 2 atom stereocenters. The highest BCUT2D eigenvalue weighted by atomic mass is 32.2. The molecule has 28 heavy (non-hydrogen) atoms. The number of halogens is 3. The molecule has 3 N–H and O–H groups in total. The molecule has 0 aromatic carbocycles. The van der Waals surface area contributed by atoms with Crippen LogP contribution in [0.25, 0.3) is 0 Å². The van der Waals surface area contributed by atoms with Crippen molar-refractivity contribution in [2.45, 2.75) is 64.0 Å². The van der Waals surface area contributed by atoms with Gasteiger partial charge in [-0.15, -0.1) is 4.72 Å². The Labute approximate surface area is 165 Å². The molecule has 3 rings (SSSR count). The molecule has 0 amide bonds. The second-order valence-electron chi connectivity index (χ2n) is 8.22. The lowest BCUT2D eigenvalue weighted by Crippen LogP contribution is -2.49. The summed E-state index contributed by atoms with van der Waals surface area (Å²) in [4.78, 5) is 8.90. The number of hydrogen-bond donors (Lipinski definition) is 3. The minimum Gasteiger partial charge on any atom is -0.598 e. The van der Waals surface area contributed by atoms with E-state index < -0.39 is 23.5 Å². The number of nitrogens with one attached hydrogen (secondary N) is 2. The molecule has 0 aliphatic carbocycles. The molecule has 11 heteroatoms. The fourth-order valence-electron chi connectivity index (χ4n) is 3.47. The minimum atomic E-state index is -5.08. The Balaban J connectivity index is 0.000000345. The predicted octanol–water partition coefficient (Wildman–Crippen LogP) is 2.30. The lowest BCUT2D eigenvalue weighted by atomic mass is 9.74. The van der Waals surface area contributed by atoms with E-state index in [4.69, 9.17) is 9.90 Å². The first kappa shape index (κ1) is 23.0. The van der Waals surface area contributed by atoms with Crippen LogP contribution < -0.4 is 10.0 Å². The fraction of sp³-hybridized carbons (Fsp3) is 0.765. The summed E-state index contributed by atoms with van der Waals surface area (Å²) in [6, 6.07) is 2.29.